The SMILES string of the molecule is O=S(=O)(C1CC1)N1CCc2ccccc2[C@H]1Cc1ccccc1. The van der Waals surface area contributed by atoms with E-state index in [0.29, 0.717) is 6.54 Å². The number of nitrogens with zero attached hydrogens (tertiary/aromatic N) is 1. The quantitative estimate of drug-likeness (QED) is 0.864. The Morgan fingerprint density at radius 2 is 1.65 bits per heavy atom. The van der Waals surface area contributed by atoms with Crippen molar-refractivity contribution in [2.24, 2.45) is 0 Å². The minimum Gasteiger partial charge on any atom is -0.212 e. The van der Waals surface area contributed by atoms with Crippen molar-refractivity contribution in [3.05, 3.63) is 71.3 Å². The van der Waals surface area contributed by atoms with Crippen LogP contribution in [0.4, 0.5) is 0 Å². The highest BCUT2D eigenvalue weighted by atomic mass is 32.2. The number of fused-ring (bicyclic) bond motifs is 1. The molecule has 1 atom stereocenters. The van der Waals surface area contributed by atoms with Crippen LogP contribution in [0.25, 0.3) is 0 Å². The second-order valence-electron chi connectivity index (χ2n) is 6.51. The summed E-state index contributed by atoms with van der Waals surface area (Å²) in [5.41, 5.74) is 3.65. The molecule has 0 saturated heterocycles. The summed E-state index contributed by atoms with van der Waals surface area (Å²) in [4.78, 5) is 0. The summed E-state index contributed by atoms with van der Waals surface area (Å²) in [6, 6.07) is 18.4. The minimum atomic E-state index is -3.17. The molecule has 120 valence electrons. The van der Waals surface area contributed by atoms with E-state index in [0.717, 1.165) is 25.7 Å². The van der Waals surface area contributed by atoms with Crippen molar-refractivity contribution in [3.63, 3.8) is 0 Å². The molecule has 1 aliphatic carbocycles. The Morgan fingerprint density at radius 1 is 0.957 bits per heavy atom. The van der Waals surface area contributed by atoms with Gasteiger partial charge in [-0.1, -0.05) is 54.6 Å². The van der Waals surface area contributed by atoms with E-state index in [1.165, 1.54) is 16.7 Å². The Bertz CT molecular complexity index is 797. The van der Waals surface area contributed by atoms with Gasteiger partial charge in [-0.05, 0) is 42.4 Å². The zero-order valence-electron chi connectivity index (χ0n) is 13.1. The summed E-state index contributed by atoms with van der Waals surface area (Å²) in [5.74, 6) is 0. The van der Waals surface area contributed by atoms with Gasteiger partial charge in [0, 0.05) is 6.54 Å². The van der Waals surface area contributed by atoms with E-state index in [4.69, 9.17) is 0 Å². The topological polar surface area (TPSA) is 37.4 Å². The third kappa shape index (κ3) is 2.81. The fourth-order valence-corrected chi connectivity index (χ4v) is 5.54. The molecule has 1 aliphatic heterocycles. The standard InChI is InChI=1S/C19H21NO2S/c21-23(22,17-10-11-17)20-13-12-16-8-4-5-9-18(16)19(20)14-15-6-2-1-3-7-15/h1-9,17,19H,10-14H2/t19-/m1/s1. The predicted octanol–water partition coefficient (Wildman–Crippen LogP) is 3.32. The maximum absolute atomic E-state index is 12.9. The van der Waals surface area contributed by atoms with E-state index >= 15 is 0 Å². The lowest BCUT2D eigenvalue weighted by atomic mass is 9.90. The highest BCUT2D eigenvalue weighted by Crippen LogP contribution is 2.40. The molecule has 0 radical (unpaired) electrons. The van der Waals surface area contributed by atoms with Gasteiger partial charge in [0.05, 0.1) is 11.3 Å². The van der Waals surface area contributed by atoms with E-state index in [9.17, 15) is 8.42 Å². The van der Waals surface area contributed by atoms with Gasteiger partial charge in [-0.2, -0.15) is 4.31 Å². The van der Waals surface area contributed by atoms with Gasteiger partial charge in [0.2, 0.25) is 10.0 Å². The van der Waals surface area contributed by atoms with Crippen LogP contribution in [0.5, 0.6) is 0 Å². The third-order valence-corrected chi connectivity index (χ3v) is 7.31. The molecule has 0 amide bonds. The van der Waals surface area contributed by atoms with Crippen LogP contribution in [0.15, 0.2) is 54.6 Å². The first kappa shape index (κ1) is 14.9. The zero-order valence-corrected chi connectivity index (χ0v) is 13.9. The van der Waals surface area contributed by atoms with Crippen LogP contribution in [0.1, 0.15) is 35.6 Å². The fraction of sp³-hybridized carbons (Fsp3) is 0.368. The molecule has 4 rings (SSSR count). The second-order valence-corrected chi connectivity index (χ2v) is 8.67. The van der Waals surface area contributed by atoms with Gasteiger partial charge >= 0.3 is 0 Å². The zero-order chi connectivity index (χ0) is 15.9. The molecule has 3 nitrogen and oxygen atoms in total. The summed E-state index contributed by atoms with van der Waals surface area (Å²) in [6.07, 6.45) is 3.19. The molecule has 1 fully saturated rings. The lowest BCUT2D eigenvalue weighted by molar-refractivity contribution is 0.305. The van der Waals surface area contributed by atoms with E-state index in [-0.39, 0.29) is 11.3 Å². The smallest absolute Gasteiger partial charge is 0.212 e. The van der Waals surface area contributed by atoms with Crippen LogP contribution in [0, 0.1) is 0 Å². The first-order chi connectivity index (χ1) is 11.2. The van der Waals surface area contributed by atoms with Gasteiger partial charge in [-0.15, -0.1) is 0 Å². The second kappa shape index (κ2) is 5.77. The van der Waals surface area contributed by atoms with Crippen LogP contribution in [0.2, 0.25) is 0 Å². The van der Waals surface area contributed by atoms with E-state index in [1.807, 2.05) is 30.3 Å². The van der Waals surface area contributed by atoms with Gasteiger partial charge in [0.1, 0.15) is 0 Å². The van der Waals surface area contributed by atoms with Crippen LogP contribution in [-0.4, -0.2) is 24.5 Å². The maximum Gasteiger partial charge on any atom is 0.217 e. The first-order valence-corrected chi connectivity index (χ1v) is 9.79. The molecule has 23 heavy (non-hydrogen) atoms. The molecule has 2 aromatic carbocycles. The highest BCUT2D eigenvalue weighted by Gasteiger charge is 2.44. The molecule has 2 aliphatic rings. The number of benzene rings is 2. The van der Waals surface area contributed by atoms with Crippen molar-refractivity contribution in [2.75, 3.05) is 6.54 Å². The molecule has 0 unspecified atom stereocenters. The molecular weight excluding hydrogens is 306 g/mol. The van der Waals surface area contributed by atoms with Crippen LogP contribution >= 0.6 is 0 Å². The summed E-state index contributed by atoms with van der Waals surface area (Å²) in [6.45, 7) is 0.605. The maximum atomic E-state index is 12.9. The minimum absolute atomic E-state index is 0.0760. The molecule has 0 aromatic heterocycles. The predicted molar refractivity (Wildman–Crippen MR) is 91.7 cm³/mol. The van der Waals surface area contributed by atoms with Gasteiger partial charge < -0.3 is 0 Å². The molecule has 0 bridgehead atoms. The Labute approximate surface area is 138 Å². The van der Waals surface area contributed by atoms with Crippen molar-refractivity contribution in [2.45, 2.75) is 37.0 Å². The average Bonchev–Trinajstić information content (AvgIpc) is 3.41. The fourth-order valence-electron chi connectivity index (χ4n) is 3.54. The van der Waals surface area contributed by atoms with Gasteiger partial charge in [-0.25, -0.2) is 8.42 Å². The lowest BCUT2D eigenvalue weighted by Gasteiger charge is -2.36. The molecule has 1 saturated carbocycles. The summed E-state index contributed by atoms with van der Waals surface area (Å²) in [7, 11) is -3.17. The normalized spacial score (nSPS) is 21.8. The van der Waals surface area contributed by atoms with Crippen molar-refractivity contribution >= 4 is 10.0 Å². The number of hydrogen-bond donors (Lipinski definition) is 0. The average molecular weight is 327 g/mol. The number of sulfonamides is 1. The van der Waals surface area contributed by atoms with Crippen LogP contribution in [0.3, 0.4) is 0 Å². The Kier molecular flexibility index (Phi) is 3.74. The molecule has 1 heterocycles. The lowest BCUT2D eigenvalue weighted by Crippen LogP contribution is -2.42. The van der Waals surface area contributed by atoms with Gasteiger partial charge in [-0.3, -0.25) is 0 Å². The van der Waals surface area contributed by atoms with Gasteiger partial charge in [0.15, 0.2) is 0 Å². The highest BCUT2D eigenvalue weighted by molar-refractivity contribution is 7.90. The molecular formula is C19H21NO2S. The third-order valence-electron chi connectivity index (χ3n) is 4.91. The van der Waals surface area contributed by atoms with Gasteiger partial charge in [0.25, 0.3) is 0 Å². The Morgan fingerprint density at radius 3 is 2.39 bits per heavy atom. The van der Waals surface area contributed by atoms with Crippen LogP contribution in [-0.2, 0) is 22.9 Å². The molecule has 0 spiro atoms. The first-order valence-electron chi connectivity index (χ1n) is 8.28. The molecule has 4 heteroatoms. The largest absolute Gasteiger partial charge is 0.217 e. The number of hydrogen-bond acceptors (Lipinski definition) is 2. The monoisotopic (exact) mass is 327 g/mol. The molecule has 0 N–H and O–H groups in total. The van der Waals surface area contributed by atoms with Crippen molar-refractivity contribution in [1.29, 1.82) is 0 Å². The Hall–Kier alpha value is -1.65. The van der Waals surface area contributed by atoms with Crippen molar-refractivity contribution < 1.29 is 8.42 Å². The van der Waals surface area contributed by atoms with Crippen molar-refractivity contribution in [3.8, 4) is 0 Å². The van der Waals surface area contributed by atoms with Crippen LogP contribution < -0.4 is 0 Å². The van der Waals surface area contributed by atoms with E-state index in [1.54, 1.807) is 4.31 Å². The summed E-state index contributed by atoms with van der Waals surface area (Å²) in [5, 5.41) is -0.147. The van der Waals surface area contributed by atoms with E-state index in [2.05, 4.69) is 24.3 Å². The molecule has 2 aromatic rings. The van der Waals surface area contributed by atoms with E-state index < -0.39 is 10.0 Å². The summed E-state index contributed by atoms with van der Waals surface area (Å²) >= 11 is 0. The Balaban J connectivity index is 1.74. The summed E-state index contributed by atoms with van der Waals surface area (Å²) < 4.78 is 27.5. The number of rotatable bonds is 4. The van der Waals surface area contributed by atoms with Crippen molar-refractivity contribution in [1.82, 2.24) is 4.31 Å².